The molecule has 0 aliphatic heterocycles. The zero-order valence-electron chi connectivity index (χ0n) is 13.0. The standard InChI is InChI=1S/C19H17FO3/c1-13-7-9-16(10-8-13)19(22)14(2)23-18(21)12-11-15-5-3-4-6-17(15)20/h3-12,14H,1-2H3/b12-11+. The minimum atomic E-state index is -0.907. The number of carbonyl (C=O) groups is 2. The average Bonchev–Trinajstić information content (AvgIpc) is 2.54. The van der Waals surface area contributed by atoms with E-state index in [0.29, 0.717) is 5.56 Å². The number of aryl methyl sites for hydroxylation is 1. The van der Waals surface area contributed by atoms with E-state index in [0.717, 1.165) is 11.6 Å². The van der Waals surface area contributed by atoms with E-state index >= 15 is 0 Å². The lowest BCUT2D eigenvalue weighted by Crippen LogP contribution is -2.23. The summed E-state index contributed by atoms with van der Waals surface area (Å²) in [7, 11) is 0. The SMILES string of the molecule is Cc1ccc(C(=O)C(C)OC(=O)/C=C/c2ccccc2F)cc1. The van der Waals surface area contributed by atoms with Crippen LogP contribution in [0.4, 0.5) is 4.39 Å². The number of Topliss-reactive ketones (excluding diaryl/α,β-unsaturated/α-hetero) is 1. The Balaban J connectivity index is 1.98. The van der Waals surface area contributed by atoms with Gasteiger partial charge in [0.2, 0.25) is 5.78 Å². The fraction of sp³-hybridized carbons (Fsp3) is 0.158. The van der Waals surface area contributed by atoms with E-state index in [9.17, 15) is 14.0 Å². The van der Waals surface area contributed by atoms with Crippen LogP contribution in [0.5, 0.6) is 0 Å². The number of esters is 1. The maximum Gasteiger partial charge on any atom is 0.331 e. The summed E-state index contributed by atoms with van der Waals surface area (Å²) >= 11 is 0. The zero-order valence-corrected chi connectivity index (χ0v) is 13.0. The molecule has 118 valence electrons. The average molecular weight is 312 g/mol. The molecule has 0 spiro atoms. The van der Waals surface area contributed by atoms with Crippen molar-refractivity contribution in [2.24, 2.45) is 0 Å². The molecule has 2 aromatic rings. The first-order valence-electron chi connectivity index (χ1n) is 7.21. The summed E-state index contributed by atoms with van der Waals surface area (Å²) in [6.45, 7) is 3.43. The molecule has 2 rings (SSSR count). The second-order valence-electron chi connectivity index (χ2n) is 5.16. The topological polar surface area (TPSA) is 43.4 Å². The molecule has 1 unspecified atom stereocenters. The van der Waals surface area contributed by atoms with E-state index in [2.05, 4.69) is 0 Å². The van der Waals surface area contributed by atoms with Gasteiger partial charge in [0.05, 0.1) is 0 Å². The first-order chi connectivity index (χ1) is 11.0. The van der Waals surface area contributed by atoms with Gasteiger partial charge in [-0.05, 0) is 26.0 Å². The first-order valence-corrected chi connectivity index (χ1v) is 7.21. The number of rotatable bonds is 5. The normalized spacial score (nSPS) is 12.1. The van der Waals surface area contributed by atoms with Crippen LogP contribution in [-0.2, 0) is 9.53 Å². The van der Waals surface area contributed by atoms with Crippen LogP contribution in [0, 0.1) is 12.7 Å². The minimum absolute atomic E-state index is 0.280. The van der Waals surface area contributed by atoms with Crippen LogP contribution in [0.3, 0.4) is 0 Å². The Morgan fingerprint density at radius 3 is 2.39 bits per heavy atom. The number of hydrogen-bond donors (Lipinski definition) is 0. The molecular formula is C19H17FO3. The highest BCUT2D eigenvalue weighted by atomic mass is 19.1. The van der Waals surface area contributed by atoms with Gasteiger partial charge >= 0.3 is 5.97 Å². The fourth-order valence-corrected chi connectivity index (χ4v) is 1.99. The quantitative estimate of drug-likeness (QED) is 0.477. The Bertz CT molecular complexity index is 733. The van der Waals surface area contributed by atoms with Gasteiger partial charge in [-0.3, -0.25) is 4.79 Å². The van der Waals surface area contributed by atoms with Gasteiger partial charge in [-0.25, -0.2) is 9.18 Å². The van der Waals surface area contributed by atoms with Crippen molar-refractivity contribution in [1.82, 2.24) is 0 Å². The van der Waals surface area contributed by atoms with Crippen LogP contribution >= 0.6 is 0 Å². The van der Waals surface area contributed by atoms with Gasteiger partial charge in [0.1, 0.15) is 5.82 Å². The Kier molecular flexibility index (Phi) is 5.41. The van der Waals surface area contributed by atoms with Crippen molar-refractivity contribution in [3.8, 4) is 0 Å². The summed E-state index contributed by atoms with van der Waals surface area (Å²) < 4.78 is 18.5. The maximum atomic E-state index is 13.4. The monoisotopic (exact) mass is 312 g/mol. The summed E-state index contributed by atoms with van der Waals surface area (Å²) in [5.41, 5.74) is 1.80. The van der Waals surface area contributed by atoms with Gasteiger partial charge in [0.15, 0.2) is 6.10 Å². The van der Waals surface area contributed by atoms with Crippen molar-refractivity contribution < 1.29 is 18.7 Å². The Morgan fingerprint density at radius 1 is 1.09 bits per heavy atom. The van der Waals surface area contributed by atoms with Crippen molar-refractivity contribution in [3.05, 3.63) is 77.1 Å². The summed E-state index contributed by atoms with van der Waals surface area (Å²) in [5, 5.41) is 0. The largest absolute Gasteiger partial charge is 0.451 e. The molecule has 0 amide bonds. The smallest absolute Gasteiger partial charge is 0.331 e. The summed E-state index contributed by atoms with van der Waals surface area (Å²) in [5.74, 6) is -1.40. The van der Waals surface area contributed by atoms with E-state index < -0.39 is 17.9 Å². The molecule has 3 nitrogen and oxygen atoms in total. The molecule has 0 aromatic heterocycles. The number of halogens is 1. The van der Waals surface area contributed by atoms with Gasteiger partial charge in [-0.15, -0.1) is 0 Å². The van der Waals surface area contributed by atoms with Crippen LogP contribution in [0.15, 0.2) is 54.6 Å². The third-order valence-corrected chi connectivity index (χ3v) is 3.30. The second kappa shape index (κ2) is 7.49. The van der Waals surface area contributed by atoms with Crippen LogP contribution in [-0.4, -0.2) is 17.9 Å². The molecule has 0 heterocycles. The molecule has 1 atom stereocenters. The molecule has 4 heteroatoms. The van der Waals surface area contributed by atoms with E-state index in [-0.39, 0.29) is 11.3 Å². The summed E-state index contributed by atoms with van der Waals surface area (Å²) in [6.07, 6.45) is 1.52. The molecule has 0 radical (unpaired) electrons. The summed E-state index contributed by atoms with van der Waals surface area (Å²) in [6, 6.07) is 13.1. The van der Waals surface area contributed by atoms with Gasteiger partial charge in [-0.2, -0.15) is 0 Å². The van der Waals surface area contributed by atoms with Crippen molar-refractivity contribution in [1.29, 1.82) is 0 Å². The van der Waals surface area contributed by atoms with Crippen LogP contribution < -0.4 is 0 Å². The number of ether oxygens (including phenoxy) is 1. The highest BCUT2D eigenvalue weighted by Gasteiger charge is 2.18. The van der Waals surface area contributed by atoms with Crippen LogP contribution in [0.25, 0.3) is 6.08 Å². The van der Waals surface area contributed by atoms with Gasteiger partial charge in [0, 0.05) is 17.2 Å². The maximum absolute atomic E-state index is 13.4. The third kappa shape index (κ3) is 4.61. The zero-order chi connectivity index (χ0) is 16.8. The first kappa shape index (κ1) is 16.6. The molecule has 0 aliphatic carbocycles. The van der Waals surface area contributed by atoms with Gasteiger partial charge in [-0.1, -0.05) is 48.0 Å². The number of benzene rings is 2. The predicted octanol–water partition coefficient (Wildman–Crippen LogP) is 3.96. The highest BCUT2D eigenvalue weighted by molar-refractivity contribution is 6.01. The molecule has 0 fully saturated rings. The number of carbonyl (C=O) groups excluding carboxylic acids is 2. The molecule has 0 saturated carbocycles. The third-order valence-electron chi connectivity index (χ3n) is 3.30. The Labute approximate surface area is 134 Å². The van der Waals surface area contributed by atoms with E-state index in [4.69, 9.17) is 4.74 Å². The fourth-order valence-electron chi connectivity index (χ4n) is 1.99. The Hall–Kier alpha value is -2.75. The van der Waals surface area contributed by atoms with E-state index in [1.165, 1.54) is 19.1 Å². The molecule has 0 bridgehead atoms. The predicted molar refractivity (Wildman–Crippen MR) is 86.5 cm³/mol. The molecular weight excluding hydrogens is 295 g/mol. The lowest BCUT2D eigenvalue weighted by Gasteiger charge is -2.11. The second-order valence-corrected chi connectivity index (χ2v) is 5.16. The van der Waals surface area contributed by atoms with Gasteiger partial charge < -0.3 is 4.74 Å². The highest BCUT2D eigenvalue weighted by Crippen LogP contribution is 2.10. The molecule has 0 N–H and O–H groups in total. The van der Waals surface area contributed by atoms with Crippen molar-refractivity contribution in [2.45, 2.75) is 20.0 Å². The molecule has 0 saturated heterocycles. The van der Waals surface area contributed by atoms with Crippen molar-refractivity contribution in [3.63, 3.8) is 0 Å². The molecule has 23 heavy (non-hydrogen) atoms. The van der Waals surface area contributed by atoms with E-state index in [1.807, 2.05) is 19.1 Å². The lowest BCUT2D eigenvalue weighted by molar-refractivity contribution is -0.140. The lowest BCUT2D eigenvalue weighted by atomic mass is 10.1. The van der Waals surface area contributed by atoms with Crippen LogP contribution in [0.1, 0.15) is 28.4 Å². The number of ketones is 1. The van der Waals surface area contributed by atoms with Gasteiger partial charge in [0.25, 0.3) is 0 Å². The van der Waals surface area contributed by atoms with Crippen molar-refractivity contribution >= 4 is 17.8 Å². The van der Waals surface area contributed by atoms with E-state index in [1.54, 1.807) is 30.3 Å². The molecule has 2 aromatic carbocycles. The molecule has 0 aliphatic rings. The van der Waals surface area contributed by atoms with Crippen molar-refractivity contribution in [2.75, 3.05) is 0 Å². The Morgan fingerprint density at radius 2 is 1.74 bits per heavy atom. The summed E-state index contributed by atoms with van der Waals surface area (Å²) in [4.78, 5) is 23.9. The minimum Gasteiger partial charge on any atom is -0.451 e. The number of hydrogen-bond acceptors (Lipinski definition) is 3. The van der Waals surface area contributed by atoms with Crippen LogP contribution in [0.2, 0.25) is 0 Å².